The maximum Gasteiger partial charge on any atom is 0.164 e. The number of nitrogen functional groups attached to an aromatic ring is 1. The number of rotatable bonds is 0. The van der Waals surface area contributed by atoms with Crippen molar-refractivity contribution in [2.45, 2.75) is 0 Å². The second-order valence-corrected chi connectivity index (χ2v) is 3.09. The fourth-order valence-corrected chi connectivity index (χ4v) is 1.66. The molecule has 0 bridgehead atoms. The lowest BCUT2D eigenvalue weighted by molar-refractivity contribution is 0.487. The Bertz CT molecular complexity index is 518. The van der Waals surface area contributed by atoms with E-state index < -0.39 is 0 Å². The molecule has 1 aromatic carbocycles. The van der Waals surface area contributed by atoms with Crippen LogP contribution < -0.4 is 5.73 Å². The summed E-state index contributed by atoms with van der Waals surface area (Å²) in [6.45, 7) is 0. The van der Waals surface area contributed by atoms with E-state index in [0.29, 0.717) is 27.6 Å². The number of phenolic OH excluding ortho intramolecular Hbond substituents is 1. The number of hydrogen-bond acceptors (Lipinski definition) is 4. The van der Waals surface area contributed by atoms with Gasteiger partial charge in [-0.3, -0.25) is 0 Å². The number of fused-ring (bicyclic) bond motifs is 2. The molecule has 0 aliphatic rings. The Morgan fingerprint density at radius 2 is 1.50 bits per heavy atom. The maximum atomic E-state index is 9.84. The van der Waals surface area contributed by atoms with Gasteiger partial charge in [0, 0.05) is 0 Å². The van der Waals surface area contributed by atoms with E-state index in [1.807, 2.05) is 0 Å². The van der Waals surface area contributed by atoms with Crippen LogP contribution in [0.15, 0.2) is 33.5 Å². The van der Waals surface area contributed by atoms with E-state index in [1.54, 1.807) is 12.1 Å². The Labute approximate surface area is 78.5 Å². The van der Waals surface area contributed by atoms with Gasteiger partial charge in [0.05, 0.1) is 23.3 Å². The Kier molecular flexibility index (Phi) is 1.16. The van der Waals surface area contributed by atoms with Crippen LogP contribution in [0.25, 0.3) is 21.9 Å². The van der Waals surface area contributed by atoms with E-state index in [9.17, 15) is 5.11 Å². The average Bonchev–Trinajstić information content (AvgIpc) is 2.82. The van der Waals surface area contributed by atoms with Crippen molar-refractivity contribution in [2.24, 2.45) is 0 Å². The second-order valence-electron chi connectivity index (χ2n) is 3.09. The molecule has 0 amide bonds. The van der Waals surface area contributed by atoms with E-state index in [1.165, 1.54) is 12.5 Å². The van der Waals surface area contributed by atoms with Gasteiger partial charge < -0.3 is 19.7 Å². The third-order valence-corrected chi connectivity index (χ3v) is 2.33. The third-order valence-electron chi connectivity index (χ3n) is 2.33. The molecule has 4 heteroatoms. The Hall–Kier alpha value is -2.10. The largest absolute Gasteiger partial charge is 0.506 e. The van der Waals surface area contributed by atoms with Crippen LogP contribution >= 0.6 is 0 Å². The Morgan fingerprint density at radius 3 is 2.00 bits per heavy atom. The first-order valence-corrected chi connectivity index (χ1v) is 4.14. The van der Waals surface area contributed by atoms with Gasteiger partial charge in [-0.2, -0.15) is 0 Å². The number of benzene rings is 1. The monoisotopic (exact) mass is 189 g/mol. The molecule has 70 valence electrons. The number of aromatic hydroxyl groups is 1. The number of anilines is 1. The summed E-state index contributed by atoms with van der Waals surface area (Å²) in [6.07, 6.45) is 2.97. The fourth-order valence-electron chi connectivity index (χ4n) is 1.66. The van der Waals surface area contributed by atoms with Gasteiger partial charge >= 0.3 is 0 Å². The van der Waals surface area contributed by atoms with Crippen LogP contribution in [0.3, 0.4) is 0 Å². The highest BCUT2D eigenvalue weighted by Gasteiger charge is 2.15. The molecular weight excluding hydrogens is 182 g/mol. The Balaban J connectivity index is 2.72. The molecule has 0 aliphatic carbocycles. The van der Waals surface area contributed by atoms with Crippen LogP contribution in [0.2, 0.25) is 0 Å². The summed E-state index contributed by atoms with van der Waals surface area (Å²) in [4.78, 5) is 0. The van der Waals surface area contributed by atoms with Gasteiger partial charge in [0.15, 0.2) is 11.2 Å². The predicted octanol–water partition coefficient (Wildman–Crippen LogP) is 2.47. The Morgan fingerprint density at radius 1 is 1.00 bits per heavy atom. The number of furan rings is 2. The highest BCUT2D eigenvalue weighted by molar-refractivity contribution is 6.10. The van der Waals surface area contributed by atoms with Crippen molar-refractivity contribution in [1.82, 2.24) is 0 Å². The maximum absolute atomic E-state index is 9.84. The molecule has 0 atom stereocenters. The van der Waals surface area contributed by atoms with Gasteiger partial charge in [-0.15, -0.1) is 0 Å². The normalized spacial score (nSPS) is 11.4. The van der Waals surface area contributed by atoms with Gasteiger partial charge in [0.2, 0.25) is 0 Å². The summed E-state index contributed by atoms with van der Waals surface area (Å²) in [5.41, 5.74) is 7.16. The van der Waals surface area contributed by atoms with Crippen molar-refractivity contribution < 1.29 is 13.9 Å². The van der Waals surface area contributed by atoms with E-state index in [2.05, 4.69) is 0 Å². The third kappa shape index (κ3) is 0.682. The molecule has 3 rings (SSSR count). The smallest absolute Gasteiger partial charge is 0.164 e. The van der Waals surface area contributed by atoms with Gasteiger partial charge in [0.25, 0.3) is 0 Å². The summed E-state index contributed by atoms with van der Waals surface area (Å²) < 4.78 is 10.3. The van der Waals surface area contributed by atoms with Crippen LogP contribution in [0.4, 0.5) is 5.69 Å². The molecule has 3 N–H and O–H groups in total. The van der Waals surface area contributed by atoms with Crippen LogP contribution in [0.1, 0.15) is 0 Å². The molecule has 0 spiro atoms. The summed E-state index contributed by atoms with van der Waals surface area (Å²) in [5, 5.41) is 11.1. The molecule has 14 heavy (non-hydrogen) atoms. The first-order valence-electron chi connectivity index (χ1n) is 4.14. The SMILES string of the molecule is Nc1c2occc2c(O)c2ccoc12. The van der Waals surface area contributed by atoms with E-state index >= 15 is 0 Å². The first kappa shape index (κ1) is 7.32. The van der Waals surface area contributed by atoms with Crippen molar-refractivity contribution in [2.75, 3.05) is 5.73 Å². The highest BCUT2D eigenvalue weighted by Crippen LogP contribution is 2.39. The van der Waals surface area contributed by atoms with Crippen molar-refractivity contribution in [1.29, 1.82) is 0 Å². The number of hydrogen-bond donors (Lipinski definition) is 2. The minimum atomic E-state index is 0.145. The lowest BCUT2D eigenvalue weighted by Crippen LogP contribution is -1.86. The van der Waals surface area contributed by atoms with Crippen molar-refractivity contribution in [3.8, 4) is 5.75 Å². The van der Waals surface area contributed by atoms with E-state index in [0.717, 1.165) is 0 Å². The van der Waals surface area contributed by atoms with Gasteiger partial charge in [-0.05, 0) is 12.1 Å². The van der Waals surface area contributed by atoms with Crippen LogP contribution in [-0.2, 0) is 0 Å². The van der Waals surface area contributed by atoms with Crippen LogP contribution in [-0.4, -0.2) is 5.11 Å². The predicted molar refractivity (Wildman–Crippen MR) is 52.1 cm³/mol. The second kappa shape index (κ2) is 2.23. The summed E-state index contributed by atoms with van der Waals surface area (Å²) in [7, 11) is 0. The molecule has 0 radical (unpaired) electrons. The molecule has 0 aliphatic heterocycles. The molecule has 2 heterocycles. The molecule has 0 fully saturated rings. The van der Waals surface area contributed by atoms with Crippen molar-refractivity contribution >= 4 is 27.6 Å². The number of phenols is 1. The molecule has 0 unspecified atom stereocenters. The number of nitrogens with two attached hydrogens (primary N) is 1. The summed E-state index contributed by atoms with van der Waals surface area (Å²) >= 11 is 0. The quantitative estimate of drug-likeness (QED) is 0.421. The first-order chi connectivity index (χ1) is 6.79. The topological polar surface area (TPSA) is 72.5 Å². The lowest BCUT2D eigenvalue weighted by atomic mass is 10.1. The fraction of sp³-hybridized carbons (Fsp3) is 0. The standard InChI is InChI=1S/C10H7NO3/c11-7-9-5(1-3-13-9)8(12)6-2-4-14-10(6)7/h1-4,12H,11H2. The zero-order chi connectivity index (χ0) is 9.71. The minimum absolute atomic E-state index is 0.145. The highest BCUT2D eigenvalue weighted by atomic mass is 16.3. The molecule has 4 nitrogen and oxygen atoms in total. The van der Waals surface area contributed by atoms with Gasteiger partial charge in [-0.1, -0.05) is 0 Å². The molecular formula is C10H7NO3. The van der Waals surface area contributed by atoms with Crippen LogP contribution in [0.5, 0.6) is 5.75 Å². The molecule has 2 aromatic heterocycles. The lowest BCUT2D eigenvalue weighted by Gasteiger charge is -1.99. The zero-order valence-electron chi connectivity index (χ0n) is 7.15. The van der Waals surface area contributed by atoms with Crippen molar-refractivity contribution in [3.05, 3.63) is 24.7 Å². The van der Waals surface area contributed by atoms with E-state index in [-0.39, 0.29) is 5.75 Å². The average molecular weight is 189 g/mol. The molecule has 0 saturated heterocycles. The van der Waals surface area contributed by atoms with Gasteiger partial charge in [-0.25, -0.2) is 0 Å². The molecule has 3 aromatic rings. The van der Waals surface area contributed by atoms with E-state index in [4.69, 9.17) is 14.6 Å². The zero-order valence-corrected chi connectivity index (χ0v) is 7.15. The van der Waals surface area contributed by atoms with Gasteiger partial charge in [0.1, 0.15) is 11.4 Å². The summed E-state index contributed by atoms with van der Waals surface area (Å²) in [6, 6.07) is 3.35. The molecule has 0 saturated carbocycles. The van der Waals surface area contributed by atoms with Crippen molar-refractivity contribution in [3.63, 3.8) is 0 Å². The summed E-state index contributed by atoms with van der Waals surface area (Å²) in [5.74, 6) is 0.145. The van der Waals surface area contributed by atoms with Crippen LogP contribution in [0, 0.1) is 0 Å². The minimum Gasteiger partial charge on any atom is -0.506 e.